The number of hydrogen-bond acceptors (Lipinski definition) is 5. The zero-order chi connectivity index (χ0) is 19.4. The number of nitrogens with zero attached hydrogens (tertiary/aromatic N) is 2. The SMILES string of the molecule is COc1cccc(NC2COC3(CCN(C(=O)Cc4ccccn4)CC3)C2)c1. The number of nitrogens with one attached hydrogen (secondary N) is 1. The molecule has 1 spiro atoms. The Morgan fingerprint density at radius 3 is 2.89 bits per heavy atom. The second-order valence-electron chi connectivity index (χ2n) is 7.65. The van der Waals surface area contributed by atoms with Crippen LogP contribution in [0.1, 0.15) is 25.0 Å². The van der Waals surface area contributed by atoms with Crippen LogP contribution >= 0.6 is 0 Å². The van der Waals surface area contributed by atoms with Crippen LogP contribution in [-0.4, -0.2) is 54.2 Å². The largest absolute Gasteiger partial charge is 0.497 e. The predicted molar refractivity (Wildman–Crippen MR) is 107 cm³/mol. The van der Waals surface area contributed by atoms with E-state index in [2.05, 4.69) is 10.3 Å². The molecule has 1 amide bonds. The molecule has 3 heterocycles. The van der Waals surface area contributed by atoms with Gasteiger partial charge in [-0.15, -0.1) is 0 Å². The number of aromatic nitrogens is 1. The minimum Gasteiger partial charge on any atom is -0.497 e. The number of piperidine rings is 1. The van der Waals surface area contributed by atoms with Crippen molar-refractivity contribution in [1.29, 1.82) is 0 Å². The summed E-state index contributed by atoms with van der Waals surface area (Å²) < 4.78 is 11.5. The smallest absolute Gasteiger partial charge is 0.228 e. The molecule has 2 aromatic rings. The zero-order valence-electron chi connectivity index (χ0n) is 16.3. The van der Waals surface area contributed by atoms with Gasteiger partial charge >= 0.3 is 0 Å². The Morgan fingerprint density at radius 2 is 2.14 bits per heavy atom. The molecule has 4 rings (SSSR count). The first-order chi connectivity index (χ1) is 13.7. The van der Waals surface area contributed by atoms with E-state index in [9.17, 15) is 4.79 Å². The molecule has 28 heavy (non-hydrogen) atoms. The van der Waals surface area contributed by atoms with Crippen molar-refractivity contribution in [3.63, 3.8) is 0 Å². The number of likely N-dealkylation sites (tertiary alicyclic amines) is 1. The summed E-state index contributed by atoms with van der Waals surface area (Å²) in [5.41, 5.74) is 1.76. The van der Waals surface area contributed by atoms with Gasteiger partial charge in [0.2, 0.25) is 5.91 Å². The summed E-state index contributed by atoms with van der Waals surface area (Å²) in [7, 11) is 1.68. The highest BCUT2D eigenvalue weighted by molar-refractivity contribution is 5.78. The second kappa shape index (κ2) is 8.19. The quantitative estimate of drug-likeness (QED) is 0.863. The average Bonchev–Trinajstić information content (AvgIpc) is 3.11. The van der Waals surface area contributed by atoms with Gasteiger partial charge < -0.3 is 19.7 Å². The number of anilines is 1. The summed E-state index contributed by atoms with van der Waals surface area (Å²) >= 11 is 0. The lowest BCUT2D eigenvalue weighted by molar-refractivity contribution is -0.135. The van der Waals surface area contributed by atoms with E-state index in [4.69, 9.17) is 9.47 Å². The third-order valence-corrected chi connectivity index (χ3v) is 5.74. The monoisotopic (exact) mass is 381 g/mol. The lowest BCUT2D eigenvalue weighted by Crippen LogP contribution is -2.47. The fraction of sp³-hybridized carbons (Fsp3) is 0.455. The number of benzene rings is 1. The van der Waals surface area contributed by atoms with Crippen LogP contribution in [0.5, 0.6) is 5.75 Å². The van der Waals surface area contributed by atoms with Crippen molar-refractivity contribution in [2.45, 2.75) is 37.3 Å². The Labute approximate surface area is 165 Å². The van der Waals surface area contributed by atoms with Gasteiger partial charge in [0.15, 0.2) is 0 Å². The van der Waals surface area contributed by atoms with Crippen LogP contribution in [0.15, 0.2) is 48.7 Å². The topological polar surface area (TPSA) is 63.7 Å². The first-order valence-corrected chi connectivity index (χ1v) is 9.88. The number of carbonyl (C=O) groups is 1. The number of hydrogen-bond donors (Lipinski definition) is 1. The molecule has 0 radical (unpaired) electrons. The Kier molecular flexibility index (Phi) is 5.48. The van der Waals surface area contributed by atoms with Gasteiger partial charge in [0.05, 0.1) is 31.8 Å². The third-order valence-electron chi connectivity index (χ3n) is 5.74. The maximum Gasteiger partial charge on any atom is 0.228 e. The van der Waals surface area contributed by atoms with Gasteiger partial charge in [-0.05, 0) is 43.5 Å². The molecular weight excluding hydrogens is 354 g/mol. The van der Waals surface area contributed by atoms with Gasteiger partial charge in [0.25, 0.3) is 0 Å². The number of methoxy groups -OCH3 is 1. The van der Waals surface area contributed by atoms with Crippen LogP contribution in [-0.2, 0) is 16.0 Å². The number of rotatable bonds is 5. The van der Waals surface area contributed by atoms with Crippen molar-refractivity contribution < 1.29 is 14.3 Å². The third kappa shape index (κ3) is 4.28. The van der Waals surface area contributed by atoms with Gasteiger partial charge in [-0.3, -0.25) is 9.78 Å². The van der Waals surface area contributed by atoms with Crippen LogP contribution < -0.4 is 10.1 Å². The maximum atomic E-state index is 12.6. The molecule has 1 atom stereocenters. The van der Waals surface area contributed by atoms with Crippen molar-refractivity contribution in [3.8, 4) is 5.75 Å². The Bertz CT molecular complexity index is 804. The maximum absolute atomic E-state index is 12.6. The van der Waals surface area contributed by atoms with E-state index in [0.29, 0.717) is 13.0 Å². The lowest BCUT2D eigenvalue weighted by Gasteiger charge is -2.38. The van der Waals surface area contributed by atoms with Crippen LogP contribution in [0.4, 0.5) is 5.69 Å². The molecule has 6 nitrogen and oxygen atoms in total. The second-order valence-corrected chi connectivity index (χ2v) is 7.65. The molecule has 0 saturated carbocycles. The van der Waals surface area contributed by atoms with Gasteiger partial charge in [0.1, 0.15) is 5.75 Å². The number of carbonyl (C=O) groups excluding carboxylic acids is 1. The summed E-state index contributed by atoms with van der Waals surface area (Å²) in [6.45, 7) is 2.19. The van der Waals surface area contributed by atoms with E-state index >= 15 is 0 Å². The fourth-order valence-corrected chi connectivity index (χ4v) is 4.17. The normalized spacial score (nSPS) is 20.9. The van der Waals surface area contributed by atoms with E-state index in [1.54, 1.807) is 13.3 Å². The highest BCUT2D eigenvalue weighted by Gasteiger charge is 2.43. The van der Waals surface area contributed by atoms with E-state index in [-0.39, 0.29) is 17.6 Å². The zero-order valence-corrected chi connectivity index (χ0v) is 16.3. The van der Waals surface area contributed by atoms with Crippen molar-refractivity contribution in [3.05, 3.63) is 54.4 Å². The van der Waals surface area contributed by atoms with Crippen LogP contribution in [0, 0.1) is 0 Å². The Balaban J connectivity index is 1.29. The van der Waals surface area contributed by atoms with Gasteiger partial charge in [-0.2, -0.15) is 0 Å². The first-order valence-electron chi connectivity index (χ1n) is 9.88. The standard InChI is InChI=1S/C22H27N3O3/c1-27-20-7-4-6-18(13-20)24-19-15-22(28-16-19)8-11-25(12-9-22)21(26)14-17-5-2-3-10-23-17/h2-7,10,13,19,24H,8-9,11-12,14-16H2,1H3. The minimum absolute atomic E-state index is 0.113. The summed E-state index contributed by atoms with van der Waals surface area (Å²) in [4.78, 5) is 18.8. The fourth-order valence-electron chi connectivity index (χ4n) is 4.17. The van der Waals surface area contributed by atoms with E-state index < -0.39 is 0 Å². The molecule has 1 aromatic carbocycles. The van der Waals surface area contributed by atoms with Crippen LogP contribution in [0.25, 0.3) is 0 Å². The number of amides is 1. The lowest BCUT2D eigenvalue weighted by atomic mass is 9.87. The summed E-state index contributed by atoms with van der Waals surface area (Å²) in [5, 5.41) is 3.56. The molecule has 2 fully saturated rings. The van der Waals surface area contributed by atoms with Crippen molar-refractivity contribution >= 4 is 11.6 Å². The van der Waals surface area contributed by atoms with Crippen LogP contribution in [0.3, 0.4) is 0 Å². The van der Waals surface area contributed by atoms with Crippen molar-refractivity contribution in [2.75, 3.05) is 32.1 Å². The van der Waals surface area contributed by atoms with E-state index in [1.165, 1.54) is 0 Å². The van der Waals surface area contributed by atoms with Crippen molar-refractivity contribution in [1.82, 2.24) is 9.88 Å². The molecule has 1 aromatic heterocycles. The van der Waals surface area contributed by atoms with E-state index in [0.717, 1.165) is 49.5 Å². The predicted octanol–water partition coefficient (Wildman–Crippen LogP) is 2.89. The summed E-state index contributed by atoms with van der Waals surface area (Å²) in [6, 6.07) is 13.9. The highest BCUT2D eigenvalue weighted by atomic mass is 16.5. The Hall–Kier alpha value is -2.60. The molecule has 1 unspecified atom stereocenters. The summed E-state index contributed by atoms with van der Waals surface area (Å²) in [6.07, 6.45) is 4.84. The summed E-state index contributed by atoms with van der Waals surface area (Å²) in [5.74, 6) is 0.996. The van der Waals surface area contributed by atoms with E-state index in [1.807, 2.05) is 47.4 Å². The van der Waals surface area contributed by atoms with Crippen LogP contribution in [0.2, 0.25) is 0 Å². The van der Waals surface area contributed by atoms with Gasteiger partial charge in [0, 0.05) is 36.7 Å². The average molecular weight is 381 g/mol. The Morgan fingerprint density at radius 1 is 1.29 bits per heavy atom. The van der Waals surface area contributed by atoms with Gasteiger partial charge in [-0.1, -0.05) is 12.1 Å². The molecule has 0 aliphatic carbocycles. The van der Waals surface area contributed by atoms with Gasteiger partial charge in [-0.25, -0.2) is 0 Å². The number of ether oxygens (including phenoxy) is 2. The molecule has 148 valence electrons. The first kappa shape index (κ1) is 18.7. The minimum atomic E-state index is -0.113. The number of pyridine rings is 1. The van der Waals surface area contributed by atoms with Crippen molar-refractivity contribution in [2.24, 2.45) is 0 Å². The molecule has 2 aliphatic heterocycles. The highest BCUT2D eigenvalue weighted by Crippen LogP contribution is 2.37. The molecular formula is C22H27N3O3. The molecule has 0 bridgehead atoms. The molecule has 6 heteroatoms. The molecule has 2 aliphatic rings. The molecule has 1 N–H and O–H groups in total. The molecule has 2 saturated heterocycles.